The number of rotatable bonds is 1. The van der Waals surface area contributed by atoms with Crippen LogP contribution in [-0.2, 0) is 0 Å². The van der Waals surface area contributed by atoms with Crippen molar-refractivity contribution in [2.24, 2.45) is 0 Å². The summed E-state index contributed by atoms with van der Waals surface area (Å²) in [7, 11) is 0. The number of hydrogen-bond donors (Lipinski definition) is 1. The van der Waals surface area contributed by atoms with Crippen LogP contribution in [0.25, 0.3) is 21.9 Å². The summed E-state index contributed by atoms with van der Waals surface area (Å²) in [5, 5.41) is 12.2. The standard InChI is InChI=1S/C15H11NO/c17-15-9-12-5-2-1-4-11(12)8-14(15)13-6-3-7-16-10-13/h1-10,17H. The highest BCUT2D eigenvalue weighted by molar-refractivity contribution is 5.90. The lowest BCUT2D eigenvalue weighted by atomic mass is 10.0. The van der Waals surface area contributed by atoms with Crippen molar-refractivity contribution >= 4 is 10.8 Å². The van der Waals surface area contributed by atoms with E-state index in [1.807, 2.05) is 42.5 Å². The van der Waals surface area contributed by atoms with E-state index in [2.05, 4.69) is 4.98 Å². The molecule has 2 aromatic carbocycles. The minimum Gasteiger partial charge on any atom is -0.507 e. The molecule has 0 amide bonds. The third kappa shape index (κ3) is 1.74. The lowest BCUT2D eigenvalue weighted by molar-refractivity contribution is 0.478. The Labute approximate surface area is 99.2 Å². The minimum atomic E-state index is 0.289. The first kappa shape index (κ1) is 9.85. The van der Waals surface area contributed by atoms with Gasteiger partial charge in [0.25, 0.3) is 0 Å². The lowest BCUT2D eigenvalue weighted by Crippen LogP contribution is -1.81. The molecule has 1 heterocycles. The fraction of sp³-hybridized carbons (Fsp3) is 0. The van der Waals surface area contributed by atoms with Crippen molar-refractivity contribution in [3.63, 3.8) is 0 Å². The number of hydrogen-bond acceptors (Lipinski definition) is 2. The molecule has 0 fully saturated rings. The number of aromatic hydroxyl groups is 1. The predicted molar refractivity (Wildman–Crippen MR) is 68.8 cm³/mol. The monoisotopic (exact) mass is 221 g/mol. The number of fused-ring (bicyclic) bond motifs is 1. The summed E-state index contributed by atoms with van der Waals surface area (Å²) >= 11 is 0. The second-order valence-corrected chi connectivity index (χ2v) is 3.96. The average molecular weight is 221 g/mol. The average Bonchev–Trinajstić information content (AvgIpc) is 2.39. The summed E-state index contributed by atoms with van der Waals surface area (Å²) in [6, 6.07) is 15.6. The Balaban J connectivity index is 2.27. The van der Waals surface area contributed by atoms with E-state index >= 15 is 0 Å². The third-order valence-electron chi connectivity index (χ3n) is 2.84. The second kappa shape index (κ2) is 3.91. The van der Waals surface area contributed by atoms with E-state index in [9.17, 15) is 5.11 Å². The highest BCUT2D eigenvalue weighted by Crippen LogP contribution is 2.32. The normalized spacial score (nSPS) is 10.6. The number of pyridine rings is 1. The van der Waals surface area contributed by atoms with Crippen LogP contribution in [0, 0.1) is 0 Å². The molecule has 2 nitrogen and oxygen atoms in total. The second-order valence-electron chi connectivity index (χ2n) is 3.96. The molecule has 3 aromatic rings. The van der Waals surface area contributed by atoms with Crippen molar-refractivity contribution in [3.05, 3.63) is 60.9 Å². The maximum Gasteiger partial charge on any atom is 0.124 e. The molecule has 0 unspecified atom stereocenters. The van der Waals surface area contributed by atoms with E-state index in [0.717, 1.165) is 21.9 Å². The molecule has 0 saturated heterocycles. The van der Waals surface area contributed by atoms with Crippen LogP contribution in [0.15, 0.2) is 60.9 Å². The number of benzene rings is 2. The molecule has 0 radical (unpaired) electrons. The zero-order valence-electron chi connectivity index (χ0n) is 9.17. The summed E-state index contributed by atoms with van der Waals surface area (Å²) in [6.45, 7) is 0. The van der Waals surface area contributed by atoms with E-state index in [1.54, 1.807) is 18.5 Å². The highest BCUT2D eigenvalue weighted by Gasteiger charge is 2.05. The van der Waals surface area contributed by atoms with E-state index in [4.69, 9.17) is 0 Å². The van der Waals surface area contributed by atoms with Gasteiger partial charge in [-0.05, 0) is 29.0 Å². The van der Waals surface area contributed by atoms with Gasteiger partial charge in [-0.2, -0.15) is 0 Å². The van der Waals surface area contributed by atoms with Crippen molar-refractivity contribution in [1.29, 1.82) is 0 Å². The van der Waals surface area contributed by atoms with Crippen molar-refractivity contribution in [2.75, 3.05) is 0 Å². The van der Waals surface area contributed by atoms with Crippen LogP contribution < -0.4 is 0 Å². The van der Waals surface area contributed by atoms with Gasteiger partial charge in [0.05, 0.1) is 0 Å². The fourth-order valence-corrected chi connectivity index (χ4v) is 1.98. The Hall–Kier alpha value is -2.35. The number of phenols is 1. The molecule has 0 aliphatic carbocycles. The van der Waals surface area contributed by atoms with Gasteiger partial charge >= 0.3 is 0 Å². The van der Waals surface area contributed by atoms with Gasteiger partial charge in [-0.25, -0.2) is 0 Å². The van der Waals surface area contributed by atoms with Gasteiger partial charge in [0.1, 0.15) is 5.75 Å². The lowest BCUT2D eigenvalue weighted by Gasteiger charge is -2.06. The maximum atomic E-state index is 10.0. The Kier molecular flexibility index (Phi) is 2.26. The van der Waals surface area contributed by atoms with Gasteiger partial charge < -0.3 is 5.11 Å². The zero-order chi connectivity index (χ0) is 11.7. The first-order chi connectivity index (χ1) is 8.34. The molecule has 0 saturated carbocycles. The predicted octanol–water partition coefficient (Wildman–Crippen LogP) is 3.61. The molecular weight excluding hydrogens is 210 g/mol. The molecule has 0 aliphatic rings. The van der Waals surface area contributed by atoms with Crippen LogP contribution in [0.1, 0.15) is 0 Å². The smallest absolute Gasteiger partial charge is 0.124 e. The summed E-state index contributed by atoms with van der Waals surface area (Å²) in [5.41, 5.74) is 1.74. The Morgan fingerprint density at radius 3 is 2.35 bits per heavy atom. The number of aromatic nitrogens is 1. The van der Waals surface area contributed by atoms with Crippen LogP contribution in [0.4, 0.5) is 0 Å². The largest absolute Gasteiger partial charge is 0.507 e. The molecule has 82 valence electrons. The van der Waals surface area contributed by atoms with Gasteiger partial charge in [0.15, 0.2) is 0 Å². The Morgan fingerprint density at radius 2 is 1.65 bits per heavy atom. The van der Waals surface area contributed by atoms with Gasteiger partial charge in [-0.15, -0.1) is 0 Å². The molecule has 2 heteroatoms. The number of nitrogens with zero attached hydrogens (tertiary/aromatic N) is 1. The van der Waals surface area contributed by atoms with Crippen LogP contribution in [0.3, 0.4) is 0 Å². The zero-order valence-corrected chi connectivity index (χ0v) is 9.17. The first-order valence-electron chi connectivity index (χ1n) is 5.47. The van der Waals surface area contributed by atoms with E-state index < -0.39 is 0 Å². The molecule has 3 rings (SSSR count). The van der Waals surface area contributed by atoms with Gasteiger partial charge in [-0.3, -0.25) is 4.98 Å². The van der Waals surface area contributed by atoms with Crippen molar-refractivity contribution in [1.82, 2.24) is 4.98 Å². The summed E-state index contributed by atoms with van der Waals surface area (Å²) in [6.07, 6.45) is 3.48. The third-order valence-corrected chi connectivity index (χ3v) is 2.84. The summed E-state index contributed by atoms with van der Waals surface area (Å²) in [5.74, 6) is 0.289. The molecule has 0 bridgehead atoms. The molecular formula is C15H11NO. The highest BCUT2D eigenvalue weighted by atomic mass is 16.3. The summed E-state index contributed by atoms with van der Waals surface area (Å²) < 4.78 is 0. The van der Waals surface area contributed by atoms with E-state index in [1.165, 1.54) is 0 Å². The van der Waals surface area contributed by atoms with E-state index in [0.29, 0.717) is 0 Å². The van der Waals surface area contributed by atoms with Crippen LogP contribution >= 0.6 is 0 Å². The van der Waals surface area contributed by atoms with Crippen molar-refractivity contribution < 1.29 is 5.11 Å². The molecule has 0 atom stereocenters. The minimum absolute atomic E-state index is 0.289. The topological polar surface area (TPSA) is 33.1 Å². The van der Waals surface area contributed by atoms with Crippen LogP contribution in [-0.4, -0.2) is 10.1 Å². The van der Waals surface area contributed by atoms with Crippen molar-refractivity contribution in [2.45, 2.75) is 0 Å². The molecule has 0 aliphatic heterocycles. The van der Waals surface area contributed by atoms with Gasteiger partial charge in [0.2, 0.25) is 0 Å². The first-order valence-corrected chi connectivity index (χ1v) is 5.47. The molecule has 17 heavy (non-hydrogen) atoms. The summed E-state index contributed by atoms with van der Waals surface area (Å²) in [4.78, 5) is 4.07. The Morgan fingerprint density at radius 1 is 0.882 bits per heavy atom. The Bertz CT molecular complexity index is 662. The molecule has 1 N–H and O–H groups in total. The van der Waals surface area contributed by atoms with Gasteiger partial charge in [0, 0.05) is 23.5 Å². The molecule has 0 spiro atoms. The van der Waals surface area contributed by atoms with Crippen molar-refractivity contribution in [3.8, 4) is 16.9 Å². The van der Waals surface area contributed by atoms with Gasteiger partial charge in [-0.1, -0.05) is 30.3 Å². The maximum absolute atomic E-state index is 10.0. The number of phenolic OH excluding ortho intramolecular Hbond substituents is 1. The van der Waals surface area contributed by atoms with E-state index in [-0.39, 0.29) is 5.75 Å². The van der Waals surface area contributed by atoms with Crippen LogP contribution in [0.5, 0.6) is 5.75 Å². The fourth-order valence-electron chi connectivity index (χ4n) is 1.98. The van der Waals surface area contributed by atoms with Crippen LogP contribution in [0.2, 0.25) is 0 Å². The SMILES string of the molecule is Oc1cc2ccccc2cc1-c1cccnc1. The quantitative estimate of drug-likeness (QED) is 0.681. The molecule has 1 aromatic heterocycles.